The van der Waals surface area contributed by atoms with E-state index in [0.717, 1.165) is 19.3 Å². The van der Waals surface area contributed by atoms with Gasteiger partial charge in [0.25, 0.3) is 0 Å². The van der Waals surface area contributed by atoms with Crippen LogP contribution in [0.5, 0.6) is 0 Å². The molecule has 1 fully saturated rings. The summed E-state index contributed by atoms with van der Waals surface area (Å²) in [5, 5.41) is 9.03. The molecule has 0 aromatic rings. The third-order valence-corrected chi connectivity index (χ3v) is 3.07. The molecule has 0 spiro atoms. The van der Waals surface area contributed by atoms with Crippen molar-refractivity contribution in [3.63, 3.8) is 0 Å². The number of fused-ring (bicyclic) bond motifs is 1. The van der Waals surface area contributed by atoms with Gasteiger partial charge in [-0.05, 0) is 24.8 Å². The molecule has 0 heterocycles. The molecule has 0 bridgehead atoms. The van der Waals surface area contributed by atoms with Crippen molar-refractivity contribution in [1.82, 2.24) is 0 Å². The van der Waals surface area contributed by atoms with Crippen LogP contribution in [0.2, 0.25) is 0 Å². The first-order chi connectivity index (χ1) is 5.77. The lowest BCUT2D eigenvalue weighted by Gasteiger charge is -2.28. The minimum atomic E-state index is -0.328. The summed E-state index contributed by atoms with van der Waals surface area (Å²) in [4.78, 5) is 11.1. The molecule has 2 unspecified atom stereocenters. The Morgan fingerprint density at radius 3 is 3.25 bits per heavy atom. The molecule has 0 aliphatic heterocycles. The number of carbonyl (C=O) groups excluding carboxylic acids is 1. The first-order valence-electron chi connectivity index (χ1n) is 4.39. The summed E-state index contributed by atoms with van der Waals surface area (Å²) in [6.07, 6.45) is 7.11. The molecular formula is C10H11NO. The molecule has 0 saturated heterocycles. The number of ketones is 1. The van der Waals surface area contributed by atoms with Crippen LogP contribution >= 0.6 is 0 Å². The van der Waals surface area contributed by atoms with Crippen LogP contribution < -0.4 is 0 Å². The number of allylic oxidation sites excluding steroid dienone is 2. The minimum Gasteiger partial charge on any atom is -0.295 e. The van der Waals surface area contributed by atoms with Crippen LogP contribution in [0.4, 0.5) is 0 Å². The van der Waals surface area contributed by atoms with Gasteiger partial charge in [-0.1, -0.05) is 12.5 Å². The largest absolute Gasteiger partial charge is 0.295 e. The Morgan fingerprint density at radius 1 is 1.67 bits per heavy atom. The predicted octanol–water partition coefficient (Wildman–Crippen LogP) is 1.83. The van der Waals surface area contributed by atoms with E-state index in [1.165, 1.54) is 0 Å². The second-order valence-electron chi connectivity index (χ2n) is 3.77. The van der Waals surface area contributed by atoms with Crippen molar-refractivity contribution in [3.8, 4) is 6.07 Å². The Labute approximate surface area is 71.9 Å². The van der Waals surface area contributed by atoms with E-state index in [9.17, 15) is 4.79 Å². The average Bonchev–Trinajstić information content (AvgIpc) is 2.47. The van der Waals surface area contributed by atoms with Crippen LogP contribution in [-0.4, -0.2) is 5.78 Å². The molecule has 0 aromatic heterocycles. The number of hydrogen-bond acceptors (Lipinski definition) is 2. The summed E-state index contributed by atoms with van der Waals surface area (Å²) in [6, 6.07) is 2.34. The molecule has 12 heavy (non-hydrogen) atoms. The van der Waals surface area contributed by atoms with Gasteiger partial charge in [0.15, 0.2) is 5.78 Å². The van der Waals surface area contributed by atoms with E-state index in [1.54, 1.807) is 6.08 Å². The Hall–Kier alpha value is -1.10. The van der Waals surface area contributed by atoms with Gasteiger partial charge in [-0.3, -0.25) is 4.79 Å². The van der Waals surface area contributed by atoms with Crippen LogP contribution in [-0.2, 0) is 4.79 Å². The summed E-state index contributed by atoms with van der Waals surface area (Å²) < 4.78 is 0. The fourth-order valence-electron chi connectivity index (χ4n) is 2.37. The molecule has 2 heteroatoms. The molecule has 0 amide bonds. The average molecular weight is 161 g/mol. The Bertz CT molecular complexity index is 287. The van der Waals surface area contributed by atoms with E-state index in [4.69, 9.17) is 5.26 Å². The maximum absolute atomic E-state index is 11.1. The molecule has 0 aromatic carbocycles. The highest BCUT2D eigenvalue weighted by atomic mass is 16.1. The second kappa shape index (κ2) is 2.45. The van der Waals surface area contributed by atoms with Crippen molar-refractivity contribution in [3.05, 3.63) is 12.2 Å². The molecule has 2 aliphatic carbocycles. The van der Waals surface area contributed by atoms with Gasteiger partial charge in [-0.2, -0.15) is 5.26 Å². The second-order valence-corrected chi connectivity index (χ2v) is 3.77. The van der Waals surface area contributed by atoms with E-state index < -0.39 is 0 Å². The van der Waals surface area contributed by atoms with E-state index in [1.807, 2.05) is 6.08 Å². The molecular weight excluding hydrogens is 150 g/mol. The first-order valence-corrected chi connectivity index (χ1v) is 4.39. The zero-order valence-corrected chi connectivity index (χ0v) is 6.92. The number of nitrogens with zero attached hydrogens (tertiary/aromatic N) is 1. The van der Waals surface area contributed by atoms with Gasteiger partial charge < -0.3 is 0 Å². The standard InChI is InChI=1S/C10H11NO/c11-7-10-5-1-2-8(10)3-4-9(12)6-10/h3-4,8H,1-2,5-6H2. The van der Waals surface area contributed by atoms with Crippen molar-refractivity contribution in [2.45, 2.75) is 25.7 Å². The van der Waals surface area contributed by atoms with Crippen molar-refractivity contribution in [2.75, 3.05) is 0 Å². The number of nitriles is 1. The fraction of sp³-hybridized carbons (Fsp3) is 0.600. The summed E-state index contributed by atoms with van der Waals surface area (Å²) >= 11 is 0. The summed E-state index contributed by atoms with van der Waals surface area (Å²) in [7, 11) is 0. The van der Waals surface area contributed by atoms with Crippen LogP contribution in [0.1, 0.15) is 25.7 Å². The van der Waals surface area contributed by atoms with Gasteiger partial charge in [0.2, 0.25) is 0 Å². The van der Waals surface area contributed by atoms with Gasteiger partial charge in [0.1, 0.15) is 0 Å². The van der Waals surface area contributed by atoms with Gasteiger partial charge >= 0.3 is 0 Å². The third-order valence-electron chi connectivity index (χ3n) is 3.07. The van der Waals surface area contributed by atoms with E-state index >= 15 is 0 Å². The lowest BCUT2D eigenvalue weighted by molar-refractivity contribution is -0.117. The summed E-state index contributed by atoms with van der Waals surface area (Å²) in [5.74, 6) is 0.468. The zero-order valence-electron chi connectivity index (χ0n) is 6.92. The Balaban J connectivity index is 2.36. The molecule has 1 saturated carbocycles. The fourth-order valence-corrected chi connectivity index (χ4v) is 2.37. The Kier molecular flexibility index (Phi) is 1.54. The topological polar surface area (TPSA) is 40.9 Å². The smallest absolute Gasteiger partial charge is 0.156 e. The SMILES string of the molecule is N#CC12CCCC1C=CC(=O)C2. The zero-order chi connectivity index (χ0) is 8.60. The quantitative estimate of drug-likeness (QED) is 0.543. The van der Waals surface area contributed by atoms with Crippen LogP contribution in [0, 0.1) is 22.7 Å². The van der Waals surface area contributed by atoms with E-state index in [0.29, 0.717) is 12.3 Å². The predicted molar refractivity (Wildman–Crippen MR) is 44.2 cm³/mol. The maximum Gasteiger partial charge on any atom is 0.156 e. The highest BCUT2D eigenvalue weighted by Crippen LogP contribution is 2.48. The van der Waals surface area contributed by atoms with Gasteiger partial charge in [-0.15, -0.1) is 0 Å². The first kappa shape index (κ1) is 7.54. The van der Waals surface area contributed by atoms with Crippen molar-refractivity contribution in [2.24, 2.45) is 11.3 Å². The van der Waals surface area contributed by atoms with Gasteiger partial charge in [-0.25, -0.2) is 0 Å². The summed E-state index contributed by atoms with van der Waals surface area (Å²) in [6.45, 7) is 0. The highest BCUT2D eigenvalue weighted by molar-refractivity contribution is 5.91. The molecule has 62 valence electrons. The number of rotatable bonds is 0. The van der Waals surface area contributed by atoms with Crippen molar-refractivity contribution in [1.29, 1.82) is 5.26 Å². The third kappa shape index (κ3) is 0.896. The van der Waals surface area contributed by atoms with Crippen LogP contribution in [0.15, 0.2) is 12.2 Å². The van der Waals surface area contributed by atoms with Gasteiger partial charge in [0, 0.05) is 6.42 Å². The normalized spacial score (nSPS) is 39.2. The van der Waals surface area contributed by atoms with Gasteiger partial charge in [0.05, 0.1) is 11.5 Å². The monoisotopic (exact) mass is 161 g/mol. The Morgan fingerprint density at radius 2 is 2.50 bits per heavy atom. The lowest BCUT2D eigenvalue weighted by Crippen LogP contribution is -2.28. The van der Waals surface area contributed by atoms with E-state index in [-0.39, 0.29) is 11.2 Å². The van der Waals surface area contributed by atoms with Crippen molar-refractivity contribution >= 4 is 5.78 Å². The van der Waals surface area contributed by atoms with Crippen LogP contribution in [0.25, 0.3) is 0 Å². The number of hydrogen-bond donors (Lipinski definition) is 0. The van der Waals surface area contributed by atoms with E-state index in [2.05, 4.69) is 6.07 Å². The molecule has 2 rings (SSSR count). The minimum absolute atomic E-state index is 0.120. The molecule has 2 atom stereocenters. The highest BCUT2D eigenvalue weighted by Gasteiger charge is 2.44. The molecule has 2 nitrogen and oxygen atoms in total. The number of carbonyl (C=O) groups is 1. The van der Waals surface area contributed by atoms with Crippen molar-refractivity contribution < 1.29 is 4.79 Å². The molecule has 0 radical (unpaired) electrons. The lowest BCUT2D eigenvalue weighted by atomic mass is 9.72. The molecule has 0 N–H and O–H groups in total. The summed E-state index contributed by atoms with van der Waals surface area (Å²) in [5.41, 5.74) is -0.328. The van der Waals surface area contributed by atoms with Crippen LogP contribution in [0.3, 0.4) is 0 Å². The maximum atomic E-state index is 11.1. The molecule has 2 aliphatic rings.